The van der Waals surface area contributed by atoms with Crippen LogP contribution in [0.15, 0.2) is 0 Å². The van der Waals surface area contributed by atoms with Gasteiger partial charge in [-0.15, -0.1) is 0 Å². The molecule has 1 unspecified atom stereocenters. The van der Waals surface area contributed by atoms with Crippen LogP contribution in [0.2, 0.25) is 0 Å². The fraction of sp³-hybridized carbons (Fsp3) is 1.00. The molecule has 116 valence electrons. The van der Waals surface area contributed by atoms with Crippen LogP contribution in [-0.2, 0) is 0 Å². The first-order chi connectivity index (χ1) is 9.71. The number of aliphatic hydroxyl groups is 1. The molecule has 2 aliphatic carbocycles. The molecule has 0 bridgehead atoms. The predicted octanol–water partition coefficient (Wildman–Crippen LogP) is 2.39. The number of likely N-dealkylation sites (tertiary alicyclic amines) is 1. The Labute approximate surface area is 124 Å². The number of nitrogens with zero attached hydrogens (tertiary/aromatic N) is 1. The number of rotatable bonds is 6. The van der Waals surface area contributed by atoms with E-state index in [1.807, 2.05) is 0 Å². The third-order valence-corrected chi connectivity index (χ3v) is 5.93. The topological polar surface area (TPSA) is 35.5 Å². The van der Waals surface area contributed by atoms with Gasteiger partial charge >= 0.3 is 0 Å². The van der Waals surface area contributed by atoms with Crippen molar-refractivity contribution in [2.75, 3.05) is 26.2 Å². The lowest BCUT2D eigenvalue weighted by Crippen LogP contribution is -2.48. The molecule has 0 aromatic heterocycles. The van der Waals surface area contributed by atoms with Crippen LogP contribution in [0, 0.1) is 11.3 Å². The minimum atomic E-state index is 0.350. The summed E-state index contributed by atoms with van der Waals surface area (Å²) in [5, 5.41) is 13.4. The summed E-state index contributed by atoms with van der Waals surface area (Å²) in [5.41, 5.74) is 0.479. The molecule has 0 spiro atoms. The summed E-state index contributed by atoms with van der Waals surface area (Å²) < 4.78 is 0. The van der Waals surface area contributed by atoms with Crippen LogP contribution in [0.5, 0.6) is 0 Å². The second-order valence-electron chi connectivity index (χ2n) is 7.79. The van der Waals surface area contributed by atoms with Gasteiger partial charge in [-0.3, -0.25) is 4.90 Å². The van der Waals surface area contributed by atoms with Crippen molar-refractivity contribution in [1.29, 1.82) is 0 Å². The molecule has 0 aromatic carbocycles. The molecular weight excluding hydrogens is 248 g/mol. The van der Waals surface area contributed by atoms with Crippen molar-refractivity contribution in [3.05, 3.63) is 0 Å². The van der Waals surface area contributed by atoms with E-state index in [0.29, 0.717) is 18.1 Å². The highest BCUT2D eigenvalue weighted by atomic mass is 16.3. The summed E-state index contributed by atoms with van der Waals surface area (Å²) in [5.74, 6) is 0.913. The third kappa shape index (κ3) is 3.55. The largest absolute Gasteiger partial charge is 0.395 e. The van der Waals surface area contributed by atoms with Crippen molar-refractivity contribution in [1.82, 2.24) is 10.2 Å². The van der Waals surface area contributed by atoms with Crippen molar-refractivity contribution in [2.24, 2.45) is 11.3 Å². The molecule has 2 saturated carbocycles. The van der Waals surface area contributed by atoms with E-state index in [9.17, 15) is 5.11 Å². The van der Waals surface area contributed by atoms with Gasteiger partial charge in [-0.1, -0.05) is 19.8 Å². The molecule has 3 fully saturated rings. The van der Waals surface area contributed by atoms with E-state index < -0.39 is 0 Å². The van der Waals surface area contributed by atoms with Crippen molar-refractivity contribution in [2.45, 2.75) is 70.4 Å². The van der Waals surface area contributed by atoms with E-state index >= 15 is 0 Å². The highest BCUT2D eigenvalue weighted by molar-refractivity contribution is 4.94. The van der Waals surface area contributed by atoms with Gasteiger partial charge in [0, 0.05) is 25.2 Å². The van der Waals surface area contributed by atoms with Gasteiger partial charge < -0.3 is 10.4 Å². The summed E-state index contributed by atoms with van der Waals surface area (Å²) in [4.78, 5) is 2.59. The second-order valence-corrected chi connectivity index (χ2v) is 7.79. The van der Waals surface area contributed by atoms with Crippen LogP contribution >= 0.6 is 0 Å². The summed E-state index contributed by atoms with van der Waals surface area (Å²) in [6.07, 6.45) is 10.8. The van der Waals surface area contributed by atoms with Gasteiger partial charge in [-0.2, -0.15) is 0 Å². The molecule has 2 N–H and O–H groups in total. The molecule has 0 aromatic rings. The molecule has 3 nitrogen and oxygen atoms in total. The Balaban J connectivity index is 1.61. The Morgan fingerprint density at radius 2 is 1.90 bits per heavy atom. The Kier molecular flexibility index (Phi) is 4.68. The monoisotopic (exact) mass is 280 g/mol. The molecule has 1 aliphatic heterocycles. The zero-order valence-corrected chi connectivity index (χ0v) is 13.1. The van der Waals surface area contributed by atoms with Gasteiger partial charge in [0.15, 0.2) is 0 Å². The number of nitrogens with one attached hydrogen (secondary N) is 1. The van der Waals surface area contributed by atoms with Crippen molar-refractivity contribution in [3.63, 3.8) is 0 Å². The molecule has 0 radical (unpaired) electrons. The first-order valence-corrected chi connectivity index (χ1v) is 8.79. The van der Waals surface area contributed by atoms with Crippen LogP contribution in [0.3, 0.4) is 0 Å². The second kappa shape index (κ2) is 6.33. The lowest BCUT2D eigenvalue weighted by molar-refractivity contribution is 0.0630. The van der Waals surface area contributed by atoms with Crippen LogP contribution < -0.4 is 5.32 Å². The lowest BCUT2D eigenvalue weighted by Gasteiger charge is -2.43. The molecule has 20 heavy (non-hydrogen) atoms. The first-order valence-electron chi connectivity index (χ1n) is 8.79. The van der Waals surface area contributed by atoms with Gasteiger partial charge in [-0.25, -0.2) is 0 Å². The lowest BCUT2D eigenvalue weighted by atomic mass is 9.70. The summed E-state index contributed by atoms with van der Waals surface area (Å²) in [6.45, 7) is 6.38. The zero-order valence-electron chi connectivity index (χ0n) is 13.1. The van der Waals surface area contributed by atoms with Crippen molar-refractivity contribution >= 4 is 0 Å². The maximum atomic E-state index is 9.56. The van der Waals surface area contributed by atoms with E-state index in [1.54, 1.807) is 0 Å². The fourth-order valence-corrected chi connectivity index (χ4v) is 4.15. The number of aliphatic hydroxyl groups excluding tert-OH is 1. The smallest absolute Gasteiger partial charge is 0.0586 e. The van der Waals surface area contributed by atoms with Crippen LogP contribution in [-0.4, -0.2) is 48.3 Å². The number of hydrogen-bond donors (Lipinski definition) is 2. The Hall–Kier alpha value is -0.120. The molecular formula is C17H32N2O. The molecule has 1 saturated heterocycles. The standard InChI is InChI=1S/C17H32N2O/c1-14-6-8-17(9-7-14,12-18-15-4-5-15)13-19-10-2-3-16(19)11-20/h14-16,18,20H,2-13H2,1H3. The van der Waals surface area contributed by atoms with Crippen molar-refractivity contribution in [3.8, 4) is 0 Å². The Morgan fingerprint density at radius 1 is 1.15 bits per heavy atom. The van der Waals surface area contributed by atoms with E-state index in [0.717, 1.165) is 12.0 Å². The third-order valence-electron chi connectivity index (χ3n) is 5.93. The minimum Gasteiger partial charge on any atom is -0.395 e. The normalized spacial score (nSPS) is 39.3. The summed E-state index contributed by atoms with van der Waals surface area (Å²) in [7, 11) is 0. The molecule has 1 atom stereocenters. The summed E-state index contributed by atoms with van der Waals surface area (Å²) >= 11 is 0. The van der Waals surface area contributed by atoms with Gasteiger partial charge in [0.05, 0.1) is 6.61 Å². The van der Waals surface area contributed by atoms with Crippen LogP contribution in [0.1, 0.15) is 58.3 Å². The highest BCUT2D eigenvalue weighted by Gasteiger charge is 2.39. The van der Waals surface area contributed by atoms with E-state index in [2.05, 4.69) is 17.1 Å². The Morgan fingerprint density at radius 3 is 2.55 bits per heavy atom. The first kappa shape index (κ1) is 14.8. The average Bonchev–Trinajstić information content (AvgIpc) is 3.19. The fourth-order valence-electron chi connectivity index (χ4n) is 4.15. The van der Waals surface area contributed by atoms with Gasteiger partial charge in [0.2, 0.25) is 0 Å². The molecule has 3 heteroatoms. The Bertz CT molecular complexity index is 308. The number of hydrogen-bond acceptors (Lipinski definition) is 3. The molecule has 1 heterocycles. The predicted molar refractivity (Wildman–Crippen MR) is 82.8 cm³/mol. The van der Waals surface area contributed by atoms with Gasteiger partial charge in [-0.05, 0) is 56.4 Å². The average molecular weight is 280 g/mol. The highest BCUT2D eigenvalue weighted by Crippen LogP contribution is 2.41. The van der Waals surface area contributed by atoms with Crippen molar-refractivity contribution < 1.29 is 5.11 Å². The van der Waals surface area contributed by atoms with Crippen LogP contribution in [0.4, 0.5) is 0 Å². The molecule has 0 amide bonds. The maximum Gasteiger partial charge on any atom is 0.0586 e. The quantitative estimate of drug-likeness (QED) is 0.784. The van der Waals surface area contributed by atoms with Gasteiger partial charge in [0.1, 0.15) is 0 Å². The van der Waals surface area contributed by atoms with Gasteiger partial charge in [0.25, 0.3) is 0 Å². The minimum absolute atomic E-state index is 0.350. The molecule has 3 aliphatic rings. The SMILES string of the molecule is CC1CCC(CNC2CC2)(CN2CCCC2CO)CC1. The maximum absolute atomic E-state index is 9.56. The van der Waals surface area contributed by atoms with E-state index in [-0.39, 0.29) is 0 Å². The molecule has 3 rings (SSSR count). The summed E-state index contributed by atoms with van der Waals surface area (Å²) in [6, 6.07) is 1.26. The van der Waals surface area contributed by atoms with Crippen LogP contribution in [0.25, 0.3) is 0 Å². The zero-order chi connectivity index (χ0) is 14.0. The van der Waals surface area contributed by atoms with E-state index in [1.165, 1.54) is 71.0 Å². The van der Waals surface area contributed by atoms with E-state index in [4.69, 9.17) is 0 Å².